The molecule has 4 nitrogen and oxygen atoms in total. The number of rotatable bonds is 9. The lowest BCUT2D eigenvalue weighted by atomic mass is 10.1. The van der Waals surface area contributed by atoms with Gasteiger partial charge in [-0.1, -0.05) is 48.0 Å². The Morgan fingerprint density at radius 3 is 2.77 bits per heavy atom. The number of benzene rings is 2. The predicted octanol–water partition coefficient (Wildman–Crippen LogP) is 3.42. The highest BCUT2D eigenvalue weighted by molar-refractivity contribution is 5.22. The van der Waals surface area contributed by atoms with Crippen LogP contribution in [0.25, 0.3) is 0 Å². The fraction of sp³-hybridized carbons (Fsp3) is 0.455. The molecule has 140 valence electrons. The highest BCUT2D eigenvalue weighted by atomic mass is 16.5. The highest BCUT2D eigenvalue weighted by Crippen LogP contribution is 2.16. The van der Waals surface area contributed by atoms with Crippen molar-refractivity contribution >= 4 is 0 Å². The largest absolute Gasteiger partial charge is 0.491 e. The van der Waals surface area contributed by atoms with E-state index in [-0.39, 0.29) is 6.10 Å². The van der Waals surface area contributed by atoms with E-state index in [9.17, 15) is 5.11 Å². The van der Waals surface area contributed by atoms with E-state index in [1.54, 1.807) is 0 Å². The molecule has 1 aliphatic rings. The average Bonchev–Trinajstić information content (AvgIpc) is 3.14. The van der Waals surface area contributed by atoms with Crippen LogP contribution in [-0.4, -0.2) is 48.5 Å². The smallest absolute Gasteiger partial charge is 0.119 e. The van der Waals surface area contributed by atoms with Crippen molar-refractivity contribution < 1.29 is 14.6 Å². The molecule has 1 aliphatic heterocycles. The van der Waals surface area contributed by atoms with Gasteiger partial charge in [-0.2, -0.15) is 0 Å². The molecule has 1 heterocycles. The molecule has 0 bridgehead atoms. The molecule has 3 rings (SSSR count). The van der Waals surface area contributed by atoms with Gasteiger partial charge in [0, 0.05) is 26.2 Å². The minimum atomic E-state index is -0.540. The van der Waals surface area contributed by atoms with E-state index < -0.39 is 6.10 Å². The molecule has 1 N–H and O–H groups in total. The standard InChI is InChI=1S/C22H29NO3/c1-18-7-5-8-19(13-18)14-23(16-22-11-6-12-25-22)15-20(24)17-26-21-9-3-2-4-10-21/h2-5,7-10,13,20,22,24H,6,11-12,14-17H2,1H3/t20-,22+/m0/s1. The average molecular weight is 355 g/mol. The van der Waals surface area contributed by atoms with Gasteiger partial charge in [0.1, 0.15) is 18.5 Å². The summed E-state index contributed by atoms with van der Waals surface area (Å²) in [6, 6.07) is 18.2. The molecule has 1 fully saturated rings. The molecular formula is C22H29NO3. The van der Waals surface area contributed by atoms with Crippen LogP contribution in [0.3, 0.4) is 0 Å². The first-order chi connectivity index (χ1) is 12.7. The molecule has 26 heavy (non-hydrogen) atoms. The van der Waals surface area contributed by atoms with Crippen LogP contribution >= 0.6 is 0 Å². The van der Waals surface area contributed by atoms with E-state index in [0.717, 1.165) is 38.3 Å². The third-order valence-corrected chi connectivity index (χ3v) is 4.63. The van der Waals surface area contributed by atoms with E-state index in [0.29, 0.717) is 13.2 Å². The predicted molar refractivity (Wildman–Crippen MR) is 103 cm³/mol. The van der Waals surface area contributed by atoms with E-state index in [1.165, 1.54) is 11.1 Å². The van der Waals surface area contributed by atoms with Crippen molar-refractivity contribution in [2.45, 2.75) is 38.5 Å². The fourth-order valence-electron chi connectivity index (χ4n) is 3.41. The van der Waals surface area contributed by atoms with Crippen LogP contribution in [-0.2, 0) is 11.3 Å². The molecule has 0 saturated carbocycles. The van der Waals surface area contributed by atoms with Crippen LogP contribution in [0.5, 0.6) is 5.75 Å². The Hall–Kier alpha value is -1.88. The number of aliphatic hydroxyl groups excluding tert-OH is 1. The van der Waals surface area contributed by atoms with Gasteiger partial charge in [-0.3, -0.25) is 4.90 Å². The Balaban J connectivity index is 1.56. The lowest BCUT2D eigenvalue weighted by Crippen LogP contribution is -2.39. The number of ether oxygens (including phenoxy) is 2. The lowest BCUT2D eigenvalue weighted by Gasteiger charge is -2.27. The Bertz CT molecular complexity index is 655. The van der Waals surface area contributed by atoms with Crippen LogP contribution in [0, 0.1) is 6.92 Å². The van der Waals surface area contributed by atoms with Crippen molar-refractivity contribution in [3.8, 4) is 5.75 Å². The van der Waals surface area contributed by atoms with Gasteiger partial charge < -0.3 is 14.6 Å². The molecule has 2 aromatic carbocycles. The lowest BCUT2D eigenvalue weighted by molar-refractivity contribution is 0.0313. The normalized spacial score (nSPS) is 18.2. The second kappa shape index (κ2) is 9.72. The van der Waals surface area contributed by atoms with Crippen LogP contribution in [0.2, 0.25) is 0 Å². The quantitative estimate of drug-likeness (QED) is 0.748. The van der Waals surface area contributed by atoms with Crippen LogP contribution in [0.15, 0.2) is 54.6 Å². The second-order valence-electron chi connectivity index (χ2n) is 7.10. The summed E-state index contributed by atoms with van der Waals surface area (Å²) in [7, 11) is 0. The van der Waals surface area contributed by atoms with Crippen molar-refractivity contribution in [3.05, 3.63) is 65.7 Å². The zero-order valence-electron chi connectivity index (χ0n) is 15.5. The number of para-hydroxylation sites is 1. The molecule has 0 radical (unpaired) electrons. The molecule has 1 saturated heterocycles. The van der Waals surface area contributed by atoms with Gasteiger partial charge >= 0.3 is 0 Å². The van der Waals surface area contributed by atoms with E-state index in [1.807, 2.05) is 30.3 Å². The monoisotopic (exact) mass is 355 g/mol. The van der Waals surface area contributed by atoms with Crippen LogP contribution < -0.4 is 4.74 Å². The first-order valence-corrected chi connectivity index (χ1v) is 9.44. The van der Waals surface area contributed by atoms with Crippen LogP contribution in [0.1, 0.15) is 24.0 Å². The third-order valence-electron chi connectivity index (χ3n) is 4.63. The summed E-state index contributed by atoms with van der Waals surface area (Å²) in [6.07, 6.45) is 1.95. The number of nitrogens with zero attached hydrogens (tertiary/aromatic N) is 1. The van der Waals surface area contributed by atoms with Gasteiger partial charge in [-0.15, -0.1) is 0 Å². The zero-order chi connectivity index (χ0) is 18.2. The van der Waals surface area contributed by atoms with Gasteiger partial charge in [0.05, 0.1) is 6.10 Å². The fourth-order valence-corrected chi connectivity index (χ4v) is 3.41. The molecule has 2 atom stereocenters. The van der Waals surface area contributed by atoms with E-state index in [4.69, 9.17) is 9.47 Å². The van der Waals surface area contributed by atoms with Gasteiger partial charge in [0.2, 0.25) is 0 Å². The maximum atomic E-state index is 10.5. The number of aliphatic hydroxyl groups is 1. The van der Waals surface area contributed by atoms with Crippen molar-refractivity contribution in [2.24, 2.45) is 0 Å². The zero-order valence-corrected chi connectivity index (χ0v) is 15.5. The first kappa shape index (κ1) is 18.9. The maximum Gasteiger partial charge on any atom is 0.119 e. The van der Waals surface area contributed by atoms with E-state index >= 15 is 0 Å². The van der Waals surface area contributed by atoms with Gasteiger partial charge in [-0.25, -0.2) is 0 Å². The summed E-state index contributed by atoms with van der Waals surface area (Å²) in [5, 5.41) is 10.5. The summed E-state index contributed by atoms with van der Waals surface area (Å²) >= 11 is 0. The number of hydrogen-bond donors (Lipinski definition) is 1. The molecule has 0 spiro atoms. The van der Waals surface area contributed by atoms with Gasteiger partial charge in [0.25, 0.3) is 0 Å². The number of hydrogen-bond acceptors (Lipinski definition) is 4. The minimum Gasteiger partial charge on any atom is -0.491 e. The molecule has 0 unspecified atom stereocenters. The SMILES string of the molecule is Cc1cccc(CN(C[C@H](O)COc2ccccc2)C[C@H]2CCCO2)c1. The Morgan fingerprint density at radius 2 is 2.04 bits per heavy atom. The maximum absolute atomic E-state index is 10.5. The van der Waals surface area contributed by atoms with Gasteiger partial charge in [-0.05, 0) is 37.5 Å². The summed E-state index contributed by atoms with van der Waals surface area (Å²) in [4.78, 5) is 2.28. The topological polar surface area (TPSA) is 41.9 Å². The molecule has 0 aliphatic carbocycles. The highest BCUT2D eigenvalue weighted by Gasteiger charge is 2.21. The Kier molecular flexibility index (Phi) is 7.06. The van der Waals surface area contributed by atoms with Crippen molar-refractivity contribution in [3.63, 3.8) is 0 Å². The summed E-state index contributed by atoms with van der Waals surface area (Å²) < 4.78 is 11.5. The third kappa shape index (κ3) is 6.13. The second-order valence-corrected chi connectivity index (χ2v) is 7.10. The van der Waals surface area contributed by atoms with Gasteiger partial charge in [0.15, 0.2) is 0 Å². The molecule has 0 amide bonds. The first-order valence-electron chi connectivity index (χ1n) is 9.44. The molecule has 4 heteroatoms. The van der Waals surface area contributed by atoms with Crippen molar-refractivity contribution in [2.75, 3.05) is 26.3 Å². The minimum absolute atomic E-state index is 0.266. The molecular weight excluding hydrogens is 326 g/mol. The molecule has 0 aromatic heterocycles. The summed E-state index contributed by atoms with van der Waals surface area (Å²) in [5.74, 6) is 0.788. The molecule has 2 aromatic rings. The van der Waals surface area contributed by atoms with Crippen molar-refractivity contribution in [1.29, 1.82) is 0 Å². The number of aryl methyl sites for hydroxylation is 1. The summed E-state index contributed by atoms with van der Waals surface area (Å²) in [6.45, 7) is 5.47. The van der Waals surface area contributed by atoms with Crippen molar-refractivity contribution in [1.82, 2.24) is 4.90 Å². The van der Waals surface area contributed by atoms with Crippen LogP contribution in [0.4, 0.5) is 0 Å². The summed E-state index contributed by atoms with van der Waals surface area (Å²) in [5.41, 5.74) is 2.52. The Morgan fingerprint density at radius 1 is 1.19 bits per heavy atom. The van der Waals surface area contributed by atoms with E-state index in [2.05, 4.69) is 36.1 Å². The Labute approximate surface area is 156 Å².